The Morgan fingerprint density at radius 2 is 0.945 bits per heavy atom. The number of hydrogen-bond donors (Lipinski definition) is 3. The van der Waals surface area contributed by atoms with Gasteiger partial charge in [-0.15, -0.1) is 0 Å². The summed E-state index contributed by atoms with van der Waals surface area (Å²) in [6.45, 7) is 13.3. The van der Waals surface area contributed by atoms with Gasteiger partial charge >= 0.3 is 6.03 Å². The van der Waals surface area contributed by atoms with Gasteiger partial charge in [-0.1, -0.05) is 53.4 Å². The van der Waals surface area contributed by atoms with Crippen molar-refractivity contribution in [3.63, 3.8) is 0 Å². The fourth-order valence-corrected chi connectivity index (χ4v) is 5.30. The number of urea groups is 1. The zero-order valence-corrected chi connectivity index (χ0v) is 33.1. The van der Waals surface area contributed by atoms with Crippen LogP contribution in [0.2, 0.25) is 0 Å². The highest BCUT2D eigenvalue weighted by Crippen LogP contribution is 2.29. The van der Waals surface area contributed by atoms with Crippen LogP contribution in [0.3, 0.4) is 0 Å². The van der Waals surface area contributed by atoms with Gasteiger partial charge in [0.1, 0.15) is 47.7 Å². The predicted octanol–water partition coefficient (Wildman–Crippen LogP) is 9.27. The highest BCUT2D eigenvalue weighted by atomic mass is 16.5. The van der Waals surface area contributed by atoms with Crippen LogP contribution in [-0.4, -0.2) is 42.4 Å². The minimum absolute atomic E-state index is 0.0569. The molecule has 0 saturated heterocycles. The Morgan fingerprint density at radius 1 is 0.564 bits per heavy atom. The summed E-state index contributed by atoms with van der Waals surface area (Å²) >= 11 is 0. The number of carbonyl (C=O) groups excluding carboxylic acids is 1. The van der Waals surface area contributed by atoms with Crippen molar-refractivity contribution < 1.29 is 33.2 Å². The number of anilines is 1. The zero-order valence-electron chi connectivity index (χ0n) is 33.1. The average molecular weight is 759 g/mol. The van der Waals surface area contributed by atoms with Crippen LogP contribution in [0.4, 0.5) is 10.7 Å². The quantitative estimate of drug-likeness (QED) is 0.0564. The van der Waals surface area contributed by atoms with Crippen molar-refractivity contribution in [2.75, 3.05) is 31.7 Å². The highest BCUT2D eigenvalue weighted by Gasteiger charge is 2.11. The molecule has 0 atom stereocenters. The molecule has 2 amide bonds. The van der Waals surface area contributed by atoms with Crippen molar-refractivity contribution in [1.82, 2.24) is 15.3 Å². The van der Waals surface area contributed by atoms with Crippen molar-refractivity contribution in [3.05, 3.63) is 93.4 Å². The van der Waals surface area contributed by atoms with E-state index < -0.39 is 6.03 Å². The fraction of sp³-hybridized carbons (Fsp3) is 0.465. The molecular weight excluding hydrogens is 700 g/mol. The van der Waals surface area contributed by atoms with Gasteiger partial charge in [-0.05, 0) is 85.7 Å². The van der Waals surface area contributed by atoms with Crippen molar-refractivity contribution in [3.8, 4) is 34.5 Å². The van der Waals surface area contributed by atoms with Crippen LogP contribution in [0.15, 0.2) is 65.5 Å². The monoisotopic (exact) mass is 758 g/mol. The molecule has 0 aliphatic rings. The molecule has 0 aliphatic carbocycles. The zero-order chi connectivity index (χ0) is 39.3. The Labute approximate surface area is 325 Å². The number of aryl methyl sites for hydroxylation is 1. The Balaban J connectivity index is 1.55. The van der Waals surface area contributed by atoms with Gasteiger partial charge in [0, 0.05) is 36.5 Å². The maximum Gasteiger partial charge on any atom is 0.321 e. The van der Waals surface area contributed by atoms with Crippen molar-refractivity contribution in [2.24, 2.45) is 0 Å². The lowest BCUT2D eigenvalue weighted by atomic mass is 10.1. The number of H-pyrrole nitrogens is 1. The molecule has 55 heavy (non-hydrogen) atoms. The maximum absolute atomic E-state index is 12.8. The summed E-state index contributed by atoms with van der Waals surface area (Å²) in [5.41, 5.74) is 2.64. The van der Waals surface area contributed by atoms with Gasteiger partial charge in [0.15, 0.2) is 0 Å². The number of hydrogen-bond acceptors (Lipinski definition) is 9. The molecule has 0 aliphatic heterocycles. The van der Waals surface area contributed by atoms with Crippen molar-refractivity contribution in [1.29, 1.82) is 0 Å². The van der Waals surface area contributed by atoms with E-state index in [1.165, 1.54) is 6.07 Å². The van der Waals surface area contributed by atoms with Crippen LogP contribution < -0.4 is 44.6 Å². The molecule has 3 aromatic carbocycles. The van der Waals surface area contributed by atoms with Gasteiger partial charge in [0.2, 0.25) is 5.95 Å². The second-order valence-corrected chi connectivity index (χ2v) is 13.4. The SMILES string of the molecule is CCCCOc1cc(COc2cc(CNC(=O)Nc3nc(C)cc(=O)[nH]3)cc(OCc3cc(OCCCC)cc(OCCCC)c3)c2)cc(OCCCC)c1. The van der Waals surface area contributed by atoms with Crippen LogP contribution in [0.25, 0.3) is 0 Å². The molecule has 3 N–H and O–H groups in total. The predicted molar refractivity (Wildman–Crippen MR) is 215 cm³/mol. The first-order chi connectivity index (χ1) is 26.8. The molecule has 4 aromatic rings. The van der Waals surface area contributed by atoms with Crippen LogP contribution in [-0.2, 0) is 19.8 Å². The third kappa shape index (κ3) is 15.9. The Morgan fingerprint density at radius 3 is 1.33 bits per heavy atom. The number of amides is 2. The Hall–Kier alpha value is -5.39. The fourth-order valence-electron chi connectivity index (χ4n) is 5.30. The van der Waals surface area contributed by atoms with E-state index in [-0.39, 0.29) is 31.3 Å². The number of rotatable bonds is 25. The number of unbranched alkanes of at least 4 members (excludes halogenated alkanes) is 4. The summed E-state index contributed by atoms with van der Waals surface area (Å²) < 4.78 is 36.9. The van der Waals surface area contributed by atoms with Gasteiger partial charge in [0.25, 0.3) is 5.56 Å². The van der Waals surface area contributed by atoms with E-state index in [0.29, 0.717) is 43.6 Å². The molecule has 0 fully saturated rings. The van der Waals surface area contributed by atoms with E-state index in [1.54, 1.807) is 6.92 Å². The summed E-state index contributed by atoms with van der Waals surface area (Å²) in [5, 5.41) is 5.41. The lowest BCUT2D eigenvalue weighted by Gasteiger charge is -2.16. The van der Waals surface area contributed by atoms with E-state index in [1.807, 2.05) is 54.6 Å². The molecule has 4 rings (SSSR count). The van der Waals surface area contributed by atoms with Gasteiger partial charge in [0.05, 0.1) is 26.4 Å². The molecule has 0 bridgehead atoms. The van der Waals surface area contributed by atoms with E-state index in [2.05, 4.69) is 48.3 Å². The van der Waals surface area contributed by atoms with Gasteiger partial charge < -0.3 is 33.7 Å². The summed E-state index contributed by atoms with van der Waals surface area (Å²) in [7, 11) is 0. The van der Waals surface area contributed by atoms with Crippen LogP contribution in [0.5, 0.6) is 34.5 Å². The largest absolute Gasteiger partial charge is 0.493 e. The second kappa shape index (κ2) is 23.4. The summed E-state index contributed by atoms with van der Waals surface area (Å²) in [4.78, 5) is 31.4. The standard InChI is InChI=1S/C43H58N4O8/c1-6-10-14-50-35-21-33(22-36(25-35)51-15-11-7-2)29-54-39-19-32(28-44-43(49)47-42-45-31(5)18-41(48)46-42)20-40(27-39)55-30-34-23-37(52-16-12-8-3)26-38(24-34)53-17-13-9-4/h18-27H,6-17,28-30H2,1-5H3,(H3,44,45,46,47,48,49). The van der Waals surface area contributed by atoms with E-state index in [0.717, 1.165) is 91.1 Å². The van der Waals surface area contributed by atoms with Crippen LogP contribution >= 0.6 is 0 Å². The molecule has 298 valence electrons. The van der Waals surface area contributed by atoms with E-state index in [9.17, 15) is 9.59 Å². The first kappa shape index (κ1) is 42.4. The normalized spacial score (nSPS) is 10.8. The molecule has 12 heteroatoms. The number of nitrogens with one attached hydrogen (secondary N) is 3. The third-order valence-electron chi connectivity index (χ3n) is 8.25. The first-order valence-electron chi connectivity index (χ1n) is 19.6. The number of aromatic nitrogens is 2. The van der Waals surface area contributed by atoms with E-state index in [4.69, 9.17) is 28.4 Å². The topological polar surface area (TPSA) is 142 Å². The average Bonchev–Trinajstić information content (AvgIpc) is 3.15. The Bertz CT molecular complexity index is 1680. The van der Waals surface area contributed by atoms with Gasteiger partial charge in [-0.3, -0.25) is 15.1 Å². The molecular formula is C43H58N4O8. The number of carbonyl (C=O) groups is 1. The lowest BCUT2D eigenvalue weighted by molar-refractivity contribution is 0.251. The van der Waals surface area contributed by atoms with Gasteiger partial charge in [-0.25, -0.2) is 9.78 Å². The van der Waals surface area contributed by atoms with Crippen molar-refractivity contribution in [2.45, 2.75) is 106 Å². The molecule has 0 saturated carbocycles. The maximum atomic E-state index is 12.8. The molecule has 1 aromatic heterocycles. The number of ether oxygens (including phenoxy) is 6. The van der Waals surface area contributed by atoms with Crippen LogP contribution in [0.1, 0.15) is 101 Å². The first-order valence-corrected chi connectivity index (χ1v) is 19.6. The summed E-state index contributed by atoms with van der Waals surface area (Å²) in [6, 6.07) is 18.0. The summed E-state index contributed by atoms with van der Waals surface area (Å²) in [6.07, 6.45) is 7.97. The second-order valence-electron chi connectivity index (χ2n) is 13.4. The molecule has 0 radical (unpaired) electrons. The van der Waals surface area contributed by atoms with Crippen LogP contribution in [0, 0.1) is 6.92 Å². The van der Waals surface area contributed by atoms with E-state index >= 15 is 0 Å². The molecule has 0 spiro atoms. The summed E-state index contributed by atoms with van der Waals surface area (Å²) in [5.74, 6) is 4.09. The number of aromatic amines is 1. The number of benzene rings is 3. The number of nitrogens with zero attached hydrogens (tertiary/aromatic N) is 1. The molecule has 12 nitrogen and oxygen atoms in total. The van der Waals surface area contributed by atoms with Crippen molar-refractivity contribution >= 4 is 12.0 Å². The minimum atomic E-state index is -0.534. The third-order valence-corrected chi connectivity index (χ3v) is 8.25. The lowest BCUT2D eigenvalue weighted by Crippen LogP contribution is -2.30. The minimum Gasteiger partial charge on any atom is -0.493 e. The Kier molecular flexibility index (Phi) is 18.0. The van der Waals surface area contributed by atoms with Gasteiger partial charge in [-0.2, -0.15) is 0 Å². The smallest absolute Gasteiger partial charge is 0.321 e. The molecule has 1 heterocycles. The highest BCUT2D eigenvalue weighted by molar-refractivity contribution is 5.87. The molecule has 0 unspecified atom stereocenters.